The molecule has 0 bridgehead atoms. The molecule has 9 heteroatoms. The Morgan fingerprint density at radius 3 is 1.93 bits per heavy atom. The van der Waals surface area contributed by atoms with Gasteiger partial charge in [0.2, 0.25) is 0 Å². The normalized spacial score (nSPS) is 10.4. The van der Waals surface area contributed by atoms with E-state index in [1.807, 2.05) is 0 Å². The van der Waals surface area contributed by atoms with Crippen molar-refractivity contribution in [3.63, 3.8) is 0 Å². The van der Waals surface area contributed by atoms with E-state index in [0.717, 1.165) is 0 Å². The van der Waals surface area contributed by atoms with Crippen molar-refractivity contribution >= 4 is 33.8 Å². The minimum atomic E-state index is -4.11. The minimum absolute atomic E-state index is 0.0679. The Labute approximate surface area is 174 Å². The van der Waals surface area contributed by atoms with Crippen LogP contribution in [0.25, 0.3) is 10.9 Å². The second-order valence-electron chi connectivity index (χ2n) is 5.71. The van der Waals surface area contributed by atoms with Crippen LogP contribution in [0.4, 0.5) is 5.69 Å². The van der Waals surface area contributed by atoms with Gasteiger partial charge in [0.05, 0.1) is 19.8 Å². The van der Waals surface area contributed by atoms with Gasteiger partial charge in [-0.3, -0.25) is 0 Å². The predicted molar refractivity (Wildman–Crippen MR) is 108 cm³/mol. The molecule has 0 saturated heterocycles. The lowest BCUT2D eigenvalue weighted by Gasteiger charge is -2.08. The maximum Gasteiger partial charge on any atom is 0.345 e. The Balaban J connectivity index is 2.26. The van der Waals surface area contributed by atoms with E-state index in [2.05, 4.69) is 4.85 Å². The van der Waals surface area contributed by atoms with Crippen molar-refractivity contribution in [2.45, 2.75) is 18.7 Å². The fourth-order valence-corrected chi connectivity index (χ4v) is 3.20. The van der Waals surface area contributed by atoms with Gasteiger partial charge in [-0.1, -0.05) is 24.3 Å². The molecule has 0 fully saturated rings. The summed E-state index contributed by atoms with van der Waals surface area (Å²) in [6.07, 6.45) is 1.26. The monoisotopic (exact) mass is 429 g/mol. The zero-order valence-electron chi connectivity index (χ0n) is 16.3. The first kappa shape index (κ1) is 22.6. The number of carbonyl (C=O) groups excluding carboxylic acids is 2. The van der Waals surface area contributed by atoms with Crippen molar-refractivity contribution in [1.29, 1.82) is 0 Å². The average molecular weight is 429 g/mol. The molecule has 0 N–H and O–H groups in total. The summed E-state index contributed by atoms with van der Waals surface area (Å²) in [5, 5.41) is 0. The molecule has 2 aromatic rings. The maximum atomic E-state index is 12.4. The number of hydrogen-bond acceptors (Lipinski definition) is 7. The molecule has 0 amide bonds. The van der Waals surface area contributed by atoms with Crippen LogP contribution in [-0.2, 0) is 29.2 Å². The predicted octanol–water partition coefficient (Wildman–Crippen LogP) is 3.51. The van der Waals surface area contributed by atoms with Crippen LogP contribution < -0.4 is 4.18 Å². The SMILES string of the molecule is [C-]#[N+]c1ccc(OS(=O)(=O)c2ccc(C=C(C(=O)OCC)C(=O)OCC)cc2)cc1. The van der Waals surface area contributed by atoms with Gasteiger partial charge >= 0.3 is 22.1 Å². The first-order valence-electron chi connectivity index (χ1n) is 8.88. The highest BCUT2D eigenvalue weighted by atomic mass is 32.2. The zero-order chi connectivity index (χ0) is 22.1. The number of hydrogen-bond donors (Lipinski definition) is 0. The van der Waals surface area contributed by atoms with E-state index < -0.39 is 22.1 Å². The molecular formula is C21H19NO7S. The van der Waals surface area contributed by atoms with E-state index in [9.17, 15) is 18.0 Å². The van der Waals surface area contributed by atoms with Gasteiger partial charge < -0.3 is 13.7 Å². The van der Waals surface area contributed by atoms with Crippen LogP contribution in [0, 0.1) is 6.57 Å². The molecule has 0 atom stereocenters. The minimum Gasteiger partial charge on any atom is -0.462 e. The third-order valence-electron chi connectivity index (χ3n) is 3.64. The molecule has 0 aliphatic rings. The van der Waals surface area contributed by atoms with Gasteiger partial charge in [0.15, 0.2) is 5.69 Å². The molecule has 0 unspecified atom stereocenters. The van der Waals surface area contributed by atoms with E-state index in [0.29, 0.717) is 11.3 Å². The quantitative estimate of drug-likeness (QED) is 0.158. The highest BCUT2D eigenvalue weighted by Gasteiger charge is 2.21. The molecule has 156 valence electrons. The van der Waals surface area contributed by atoms with Crippen LogP contribution in [0.2, 0.25) is 0 Å². The Morgan fingerprint density at radius 1 is 0.933 bits per heavy atom. The van der Waals surface area contributed by atoms with Gasteiger partial charge in [-0.15, -0.1) is 0 Å². The molecule has 2 aromatic carbocycles. The number of rotatable bonds is 8. The first-order chi connectivity index (χ1) is 14.3. The Kier molecular flexibility index (Phi) is 7.72. The molecule has 0 heterocycles. The van der Waals surface area contributed by atoms with Gasteiger partial charge in [0.1, 0.15) is 16.2 Å². The van der Waals surface area contributed by atoms with Crippen molar-refractivity contribution in [3.8, 4) is 5.75 Å². The summed E-state index contributed by atoms with van der Waals surface area (Å²) in [7, 11) is -4.11. The zero-order valence-corrected chi connectivity index (χ0v) is 17.1. The molecule has 30 heavy (non-hydrogen) atoms. The molecule has 0 aliphatic carbocycles. The van der Waals surface area contributed by atoms with Crippen LogP contribution >= 0.6 is 0 Å². The summed E-state index contributed by atoms with van der Waals surface area (Å²) in [6.45, 7) is 10.3. The summed E-state index contributed by atoms with van der Waals surface area (Å²) in [4.78, 5) is 27.1. The van der Waals surface area contributed by atoms with E-state index in [4.69, 9.17) is 20.2 Å². The van der Waals surface area contributed by atoms with Crippen molar-refractivity contribution in [2.24, 2.45) is 0 Å². The van der Waals surface area contributed by atoms with E-state index >= 15 is 0 Å². The topological polar surface area (TPSA) is 100 Å². The molecule has 0 spiro atoms. The van der Waals surface area contributed by atoms with Gasteiger partial charge in [-0.05, 0) is 49.8 Å². The molecule has 0 aliphatic heterocycles. The highest BCUT2D eigenvalue weighted by molar-refractivity contribution is 7.87. The fourth-order valence-electron chi connectivity index (χ4n) is 2.27. The molecular weight excluding hydrogens is 410 g/mol. The number of carbonyl (C=O) groups is 2. The van der Waals surface area contributed by atoms with Crippen LogP contribution in [0.5, 0.6) is 5.75 Å². The lowest BCUT2D eigenvalue weighted by molar-refractivity contribution is -0.146. The lowest BCUT2D eigenvalue weighted by atomic mass is 10.1. The summed E-state index contributed by atoms with van der Waals surface area (Å²) in [5.41, 5.74) is 0.451. The first-order valence-corrected chi connectivity index (χ1v) is 10.3. The van der Waals surface area contributed by atoms with Crippen LogP contribution in [-0.4, -0.2) is 33.6 Å². The smallest absolute Gasteiger partial charge is 0.345 e. The number of nitrogens with zero attached hydrogens (tertiary/aromatic N) is 1. The van der Waals surface area contributed by atoms with Gasteiger partial charge in [-0.25, -0.2) is 14.4 Å². The Morgan fingerprint density at radius 2 is 1.47 bits per heavy atom. The van der Waals surface area contributed by atoms with Gasteiger partial charge in [-0.2, -0.15) is 8.42 Å². The summed E-state index contributed by atoms with van der Waals surface area (Å²) >= 11 is 0. The second-order valence-corrected chi connectivity index (χ2v) is 7.26. The summed E-state index contributed by atoms with van der Waals surface area (Å²) < 4.78 is 39.6. The van der Waals surface area contributed by atoms with Crippen molar-refractivity contribution in [1.82, 2.24) is 0 Å². The summed E-state index contributed by atoms with van der Waals surface area (Å²) in [6, 6.07) is 11.0. The third-order valence-corrected chi connectivity index (χ3v) is 4.90. The van der Waals surface area contributed by atoms with Crippen LogP contribution in [0.1, 0.15) is 19.4 Å². The van der Waals surface area contributed by atoms with Crippen LogP contribution in [0.3, 0.4) is 0 Å². The Bertz CT molecular complexity index is 1060. The largest absolute Gasteiger partial charge is 0.462 e. The molecule has 2 rings (SSSR count). The van der Waals surface area contributed by atoms with E-state index in [1.165, 1.54) is 54.6 Å². The number of ether oxygens (including phenoxy) is 2. The lowest BCUT2D eigenvalue weighted by Crippen LogP contribution is -2.18. The van der Waals surface area contributed by atoms with Crippen LogP contribution in [0.15, 0.2) is 59.0 Å². The number of benzene rings is 2. The van der Waals surface area contributed by atoms with Gasteiger partial charge in [0.25, 0.3) is 0 Å². The molecule has 0 radical (unpaired) electrons. The third kappa shape index (κ3) is 5.93. The van der Waals surface area contributed by atoms with Gasteiger partial charge in [0, 0.05) is 0 Å². The summed E-state index contributed by atoms with van der Waals surface area (Å²) in [5.74, 6) is -1.60. The molecule has 8 nitrogen and oxygen atoms in total. The number of esters is 2. The van der Waals surface area contributed by atoms with Crippen molar-refractivity contribution < 1.29 is 31.7 Å². The Hall–Kier alpha value is -3.64. The molecule has 0 aromatic heterocycles. The highest BCUT2D eigenvalue weighted by Crippen LogP contribution is 2.22. The van der Waals surface area contributed by atoms with E-state index in [-0.39, 0.29) is 29.4 Å². The average Bonchev–Trinajstić information content (AvgIpc) is 2.73. The van der Waals surface area contributed by atoms with Crippen molar-refractivity contribution in [3.05, 3.63) is 71.1 Å². The standard InChI is InChI=1S/C21H19NO7S/c1-4-27-20(23)19(21(24)28-5-2)14-15-6-12-18(13-7-15)30(25,26)29-17-10-8-16(22-3)9-11-17/h6-14H,4-5H2,1-2H3. The maximum absolute atomic E-state index is 12.4. The van der Waals surface area contributed by atoms with E-state index in [1.54, 1.807) is 13.8 Å². The second kappa shape index (κ2) is 10.2. The fraction of sp³-hybridized carbons (Fsp3) is 0.190. The van der Waals surface area contributed by atoms with Crippen molar-refractivity contribution in [2.75, 3.05) is 13.2 Å². The molecule has 0 saturated carbocycles.